The third-order valence-corrected chi connectivity index (χ3v) is 14.7. The van der Waals surface area contributed by atoms with Crippen molar-refractivity contribution in [3.63, 3.8) is 0 Å². The molecule has 3 atom stereocenters. The lowest BCUT2D eigenvalue weighted by atomic mass is 9.82. The lowest BCUT2D eigenvalue weighted by Crippen LogP contribution is -2.02. The first kappa shape index (κ1) is 49.7. The average molecular weight is 965 g/mol. The highest BCUT2D eigenvalue weighted by molar-refractivity contribution is 6.25. The van der Waals surface area contributed by atoms with Crippen molar-refractivity contribution in [2.75, 3.05) is 0 Å². The predicted molar refractivity (Wildman–Crippen MR) is 298 cm³/mol. The Labute approximate surface area is 425 Å². The Bertz CT molecular complexity index is 3770. The summed E-state index contributed by atoms with van der Waals surface area (Å²) in [6.45, 7) is 9.86. The van der Waals surface area contributed by atoms with Crippen LogP contribution in [0.15, 0.2) is 182 Å². The van der Waals surface area contributed by atoms with Crippen molar-refractivity contribution < 1.29 is 35.4 Å². The van der Waals surface area contributed by atoms with Gasteiger partial charge in [-0.1, -0.05) is 203 Å². The number of aromatic hydroxyl groups is 3. The molecular weight excluding hydrogens is 905 g/mol. The van der Waals surface area contributed by atoms with Crippen molar-refractivity contribution >= 4 is 59.8 Å². The second-order valence-electron chi connectivity index (χ2n) is 19.1. The van der Waals surface area contributed by atoms with E-state index in [0.29, 0.717) is 16.9 Å². The number of carboxylic acid groups (broad SMARTS) is 1. The van der Waals surface area contributed by atoms with Gasteiger partial charge in [0.1, 0.15) is 17.2 Å². The molecule has 0 fully saturated rings. The molecule has 6 N–H and O–H groups in total. The summed E-state index contributed by atoms with van der Waals surface area (Å²) in [5.41, 5.74) is 9.33. The highest BCUT2D eigenvalue weighted by Crippen LogP contribution is 2.47. The van der Waals surface area contributed by atoms with Gasteiger partial charge >= 0.3 is 5.97 Å². The zero-order valence-electron chi connectivity index (χ0n) is 41.8. The molecule has 7 heteroatoms. The maximum atomic E-state index is 11.3. The summed E-state index contributed by atoms with van der Waals surface area (Å²) in [6.07, 6.45) is 0.782. The topological polar surface area (TPSA) is 138 Å². The zero-order chi connectivity index (χ0) is 51.5. The molecule has 0 radical (unpaired) electrons. The van der Waals surface area contributed by atoms with Gasteiger partial charge in [0.15, 0.2) is 0 Å². The van der Waals surface area contributed by atoms with Gasteiger partial charge in [0, 0.05) is 45.6 Å². The zero-order valence-corrected chi connectivity index (χ0v) is 41.8. The quantitative estimate of drug-likeness (QED) is 0.0751. The molecule has 0 saturated carbocycles. The second-order valence-corrected chi connectivity index (χ2v) is 19.1. The molecule has 73 heavy (non-hydrogen) atoms. The van der Waals surface area contributed by atoms with E-state index >= 15 is 0 Å². The van der Waals surface area contributed by atoms with E-state index in [1.54, 1.807) is 24.3 Å². The molecule has 0 aromatic heterocycles. The molecule has 3 unspecified atom stereocenters. The molecule has 11 aromatic carbocycles. The molecule has 0 aliphatic carbocycles. The maximum Gasteiger partial charge on any atom is 0.335 e. The van der Waals surface area contributed by atoms with Gasteiger partial charge in [-0.2, -0.15) is 0 Å². The number of para-hydroxylation sites is 1. The van der Waals surface area contributed by atoms with Crippen LogP contribution in [0.5, 0.6) is 17.2 Å². The number of aromatic carboxylic acids is 1. The molecule has 0 saturated heterocycles. The summed E-state index contributed by atoms with van der Waals surface area (Å²) in [5.74, 6) is -0.133. The average Bonchev–Trinajstić information content (AvgIpc) is 3.42. The van der Waals surface area contributed by atoms with Crippen molar-refractivity contribution in [3.8, 4) is 17.2 Å². The van der Waals surface area contributed by atoms with Gasteiger partial charge in [-0.25, -0.2) is 4.79 Å². The van der Waals surface area contributed by atoms with Crippen LogP contribution >= 0.6 is 0 Å². The fourth-order valence-corrected chi connectivity index (χ4v) is 10.5. The lowest BCUT2D eigenvalue weighted by molar-refractivity contribution is 0.0696. The smallest absolute Gasteiger partial charge is 0.335 e. The fourth-order valence-electron chi connectivity index (χ4n) is 10.5. The molecule has 0 aliphatic rings. The number of benzene rings is 11. The molecule has 366 valence electrons. The van der Waals surface area contributed by atoms with Crippen molar-refractivity contribution in [1.82, 2.24) is 0 Å². The minimum Gasteiger partial charge on any atom is -0.507 e. The third-order valence-electron chi connectivity index (χ3n) is 14.7. The number of aliphatic hydroxyl groups excluding tert-OH is 2. The maximum absolute atomic E-state index is 11.3. The molecule has 0 bridgehead atoms. The molecule has 0 aliphatic heterocycles. The van der Waals surface area contributed by atoms with Crippen molar-refractivity contribution in [1.29, 1.82) is 0 Å². The van der Waals surface area contributed by atoms with E-state index < -0.39 is 5.97 Å². The third kappa shape index (κ3) is 9.78. The normalized spacial score (nSPS) is 12.6. The number of fused-ring (bicyclic) bond motifs is 2. The number of aryl methyl sites for hydroxylation is 2. The molecule has 0 heterocycles. The molecule has 11 rings (SSSR count). The number of hydrogen-bond acceptors (Lipinski definition) is 6. The van der Waals surface area contributed by atoms with Gasteiger partial charge in [-0.15, -0.1) is 0 Å². The lowest BCUT2D eigenvalue weighted by Gasteiger charge is -2.23. The summed E-state index contributed by atoms with van der Waals surface area (Å²) in [4.78, 5) is 10.8. The second kappa shape index (κ2) is 21.2. The summed E-state index contributed by atoms with van der Waals surface area (Å²) >= 11 is 0. The Morgan fingerprint density at radius 2 is 0.959 bits per heavy atom. The number of rotatable bonds is 10. The van der Waals surface area contributed by atoms with Gasteiger partial charge in [0.05, 0.1) is 18.8 Å². The standard InChI is InChI=1S/C29H22O2.C20H20O2.C17H18O3/c1-17(21-10-9-18-5-2-3-6-22(18)15-21)26-24-14-12-20-8-4-7-19-11-13-23(28(24)27(19)20)25(16-30)29(26)31;1-13-9-18(12-21)20(22)19(10-13)14(2)16-8-7-15-5-3-4-6-17(15)11-16;1-3-12-5-4-6-15(16(12)18)11(2)13-7-9-14(10-8-13)17(19)20/h2-15,17,30-31H,16H2,1H3;3-11,14,21-22H,12H2,1-2H3;4-11,18H,3H2,1-2H3,(H,19,20). The van der Waals surface area contributed by atoms with Gasteiger partial charge in [-0.05, 0) is 102 Å². The van der Waals surface area contributed by atoms with Gasteiger partial charge in [0.25, 0.3) is 0 Å². The number of phenols is 3. The van der Waals surface area contributed by atoms with Crippen molar-refractivity contribution in [2.24, 2.45) is 0 Å². The summed E-state index contributed by atoms with van der Waals surface area (Å²) in [7, 11) is 0. The fraction of sp³-hybridized carbons (Fsp3) is 0.167. The van der Waals surface area contributed by atoms with Crippen LogP contribution < -0.4 is 0 Å². The Kier molecular flexibility index (Phi) is 14.5. The van der Waals surface area contributed by atoms with Gasteiger partial charge in [0.2, 0.25) is 0 Å². The van der Waals surface area contributed by atoms with Crippen LogP contribution in [0.4, 0.5) is 0 Å². The molecule has 11 aromatic rings. The Balaban J connectivity index is 0.000000140. The first-order chi connectivity index (χ1) is 35.3. The minimum absolute atomic E-state index is 0.0179. The molecule has 0 amide bonds. The Morgan fingerprint density at radius 1 is 0.452 bits per heavy atom. The van der Waals surface area contributed by atoms with Crippen molar-refractivity contribution in [3.05, 3.63) is 243 Å². The first-order valence-corrected chi connectivity index (χ1v) is 24.9. The van der Waals surface area contributed by atoms with Gasteiger partial charge < -0.3 is 30.6 Å². The van der Waals surface area contributed by atoms with E-state index in [1.807, 2.05) is 81.4 Å². The predicted octanol–water partition coefficient (Wildman–Crippen LogP) is 15.4. The van der Waals surface area contributed by atoms with Gasteiger partial charge in [-0.3, -0.25) is 0 Å². The molecule has 7 nitrogen and oxygen atoms in total. The number of phenolic OH excluding ortho intramolecular Hbond substituents is 1. The highest BCUT2D eigenvalue weighted by Gasteiger charge is 2.24. The summed E-state index contributed by atoms with van der Waals surface area (Å²) < 4.78 is 0. The van der Waals surface area contributed by atoms with Crippen molar-refractivity contribution in [2.45, 2.75) is 72.0 Å². The van der Waals surface area contributed by atoms with E-state index in [0.717, 1.165) is 67.1 Å². The van der Waals surface area contributed by atoms with E-state index in [9.17, 15) is 30.3 Å². The number of aliphatic hydroxyl groups is 2. The first-order valence-electron chi connectivity index (χ1n) is 24.9. The Morgan fingerprint density at radius 3 is 1.53 bits per heavy atom. The van der Waals surface area contributed by atoms with E-state index in [-0.39, 0.29) is 48.0 Å². The van der Waals surface area contributed by atoms with E-state index in [2.05, 4.69) is 111 Å². The monoisotopic (exact) mass is 964 g/mol. The Hall–Kier alpha value is -8.23. The molecular formula is C66H60O7. The van der Waals surface area contributed by atoms with Crippen LogP contribution in [0.2, 0.25) is 0 Å². The molecule has 0 spiro atoms. The number of carbonyl (C=O) groups is 1. The van der Waals surface area contributed by atoms with Crippen LogP contribution in [0.3, 0.4) is 0 Å². The van der Waals surface area contributed by atoms with Crippen LogP contribution in [0.1, 0.15) is 111 Å². The van der Waals surface area contributed by atoms with Crippen LogP contribution in [0, 0.1) is 6.92 Å². The van der Waals surface area contributed by atoms with E-state index in [4.69, 9.17) is 5.11 Å². The number of hydrogen-bond donors (Lipinski definition) is 6. The van der Waals surface area contributed by atoms with E-state index in [1.165, 1.54) is 37.7 Å². The highest BCUT2D eigenvalue weighted by atomic mass is 16.4. The van der Waals surface area contributed by atoms with Crippen LogP contribution in [-0.2, 0) is 19.6 Å². The van der Waals surface area contributed by atoms with Crippen LogP contribution in [0.25, 0.3) is 53.9 Å². The largest absolute Gasteiger partial charge is 0.507 e. The SMILES string of the molecule is CC(c1ccc2ccccc2c1)c1c(O)c(CO)c2ccc3cccc4ccc1c2c34.CCc1cccc(C(C)c2ccc(C(=O)O)cc2)c1O.Cc1cc(CO)c(O)c(C(C)c2ccc3ccccc3c2)c1. The van der Waals surface area contributed by atoms with Crippen LogP contribution in [-0.4, -0.2) is 36.6 Å². The number of carboxylic acids is 1. The summed E-state index contributed by atoms with van der Waals surface area (Å²) in [6, 6.07) is 60.5. The summed E-state index contributed by atoms with van der Waals surface area (Å²) in [5, 5.41) is 72.0. The minimum atomic E-state index is -0.931.